The van der Waals surface area contributed by atoms with Crippen LogP contribution in [0.4, 0.5) is 0 Å². The maximum Gasteiger partial charge on any atom is 0.237 e. The van der Waals surface area contributed by atoms with E-state index in [1.54, 1.807) is 11.3 Å². The van der Waals surface area contributed by atoms with Crippen LogP contribution < -0.4 is 10.6 Å². The molecule has 1 atom stereocenters. The van der Waals surface area contributed by atoms with Crippen LogP contribution in [0.1, 0.15) is 21.0 Å². The molecule has 1 amide bonds. The lowest BCUT2D eigenvalue weighted by Crippen LogP contribution is -2.47. The van der Waals surface area contributed by atoms with E-state index in [1.807, 2.05) is 25.3 Å². The molecule has 2 heterocycles. The number of carbonyl (C=O) groups is 1. The van der Waals surface area contributed by atoms with Gasteiger partial charge in [-0.2, -0.15) is 0 Å². The Bertz CT molecular complexity index is 623. The van der Waals surface area contributed by atoms with Crippen molar-refractivity contribution in [3.63, 3.8) is 0 Å². The summed E-state index contributed by atoms with van der Waals surface area (Å²) in [5.74, 6) is 0.0485. The Morgan fingerprint density at radius 2 is 2.25 bits per heavy atom. The van der Waals surface area contributed by atoms with Crippen LogP contribution >= 0.6 is 11.3 Å². The van der Waals surface area contributed by atoms with Crippen molar-refractivity contribution in [1.82, 2.24) is 15.6 Å². The van der Waals surface area contributed by atoms with Crippen molar-refractivity contribution in [2.75, 3.05) is 0 Å². The molecule has 0 aliphatic carbocycles. The smallest absolute Gasteiger partial charge is 0.237 e. The van der Waals surface area contributed by atoms with E-state index < -0.39 is 0 Å². The molecule has 104 valence electrons. The highest BCUT2D eigenvalue weighted by Crippen LogP contribution is 2.16. The first-order valence-corrected chi connectivity index (χ1v) is 7.53. The lowest BCUT2D eigenvalue weighted by molar-refractivity contribution is -0.123. The third-order valence-corrected chi connectivity index (χ3v) is 4.39. The van der Waals surface area contributed by atoms with Gasteiger partial charge in [0.2, 0.25) is 5.91 Å². The predicted octanol–water partition coefficient (Wildman–Crippen LogP) is 1.78. The number of benzene rings is 1. The number of fused-ring (bicyclic) bond motifs is 1. The fourth-order valence-corrected chi connectivity index (χ4v) is 3.14. The number of rotatable bonds is 3. The van der Waals surface area contributed by atoms with Gasteiger partial charge in [-0.15, -0.1) is 11.3 Å². The molecule has 0 bridgehead atoms. The number of thiazole rings is 1. The Balaban J connectivity index is 1.59. The van der Waals surface area contributed by atoms with Gasteiger partial charge in [-0.1, -0.05) is 24.3 Å². The lowest BCUT2D eigenvalue weighted by atomic mass is 9.95. The molecule has 1 aliphatic heterocycles. The van der Waals surface area contributed by atoms with Crippen molar-refractivity contribution in [2.45, 2.75) is 32.5 Å². The van der Waals surface area contributed by atoms with Gasteiger partial charge in [-0.25, -0.2) is 4.98 Å². The topological polar surface area (TPSA) is 54.0 Å². The summed E-state index contributed by atoms with van der Waals surface area (Å²) in [6, 6.07) is 8.12. The first-order valence-electron chi connectivity index (χ1n) is 6.71. The van der Waals surface area contributed by atoms with Crippen LogP contribution in [0.25, 0.3) is 0 Å². The van der Waals surface area contributed by atoms with Crippen LogP contribution in [0.2, 0.25) is 0 Å². The highest BCUT2D eigenvalue weighted by Gasteiger charge is 2.23. The molecule has 2 N–H and O–H groups in total. The molecule has 0 radical (unpaired) electrons. The summed E-state index contributed by atoms with van der Waals surface area (Å²) in [5, 5.41) is 7.20. The fourth-order valence-electron chi connectivity index (χ4n) is 2.41. The van der Waals surface area contributed by atoms with Gasteiger partial charge in [0.1, 0.15) is 5.01 Å². The SMILES string of the molecule is Cc1cnc(CNC(=O)[C@H]2Cc3ccccc3CN2)s1. The zero-order chi connectivity index (χ0) is 13.9. The van der Waals surface area contributed by atoms with Gasteiger partial charge < -0.3 is 10.6 Å². The zero-order valence-corrected chi connectivity index (χ0v) is 12.2. The standard InChI is InChI=1S/C15H17N3OS/c1-10-7-17-14(20-10)9-18-15(19)13-6-11-4-2-3-5-12(11)8-16-13/h2-5,7,13,16H,6,8-9H2,1H3,(H,18,19)/t13-/m1/s1. The molecule has 0 unspecified atom stereocenters. The maximum atomic E-state index is 12.2. The molecule has 3 rings (SSSR count). The zero-order valence-electron chi connectivity index (χ0n) is 11.3. The summed E-state index contributed by atoms with van der Waals surface area (Å²) < 4.78 is 0. The van der Waals surface area contributed by atoms with Crippen LogP contribution in [-0.2, 0) is 24.3 Å². The molecule has 0 fully saturated rings. The largest absolute Gasteiger partial charge is 0.348 e. The Labute approximate surface area is 122 Å². The summed E-state index contributed by atoms with van der Waals surface area (Å²) >= 11 is 1.62. The number of amides is 1. The molecule has 1 aromatic heterocycles. The van der Waals surface area contributed by atoms with Gasteiger partial charge in [-0.3, -0.25) is 4.79 Å². The molecule has 2 aromatic rings. The number of carbonyl (C=O) groups excluding carboxylic acids is 1. The molecule has 20 heavy (non-hydrogen) atoms. The minimum absolute atomic E-state index is 0.0485. The third kappa shape index (κ3) is 2.89. The minimum atomic E-state index is -0.147. The molecule has 0 spiro atoms. The average Bonchev–Trinajstić information content (AvgIpc) is 2.90. The molecular weight excluding hydrogens is 270 g/mol. The van der Waals surface area contributed by atoms with Gasteiger partial charge in [0, 0.05) is 17.6 Å². The first kappa shape index (κ1) is 13.3. The van der Waals surface area contributed by atoms with Crippen molar-refractivity contribution in [2.24, 2.45) is 0 Å². The summed E-state index contributed by atoms with van der Waals surface area (Å²) in [6.45, 7) is 3.28. The average molecular weight is 287 g/mol. The molecular formula is C15H17N3OS. The van der Waals surface area contributed by atoms with E-state index in [9.17, 15) is 4.79 Å². The second kappa shape index (κ2) is 5.73. The second-order valence-corrected chi connectivity index (χ2v) is 6.31. The summed E-state index contributed by atoms with van der Waals surface area (Å²) in [6.07, 6.45) is 2.58. The van der Waals surface area contributed by atoms with Gasteiger partial charge in [-0.05, 0) is 24.5 Å². The normalized spacial score (nSPS) is 17.6. The summed E-state index contributed by atoms with van der Waals surface area (Å²) in [7, 11) is 0. The lowest BCUT2D eigenvalue weighted by Gasteiger charge is -2.25. The third-order valence-electron chi connectivity index (χ3n) is 3.48. The van der Waals surface area contributed by atoms with Gasteiger partial charge in [0.25, 0.3) is 0 Å². The molecule has 1 aromatic carbocycles. The van der Waals surface area contributed by atoms with Crippen LogP contribution in [0.5, 0.6) is 0 Å². The molecule has 1 aliphatic rings. The molecule has 4 nitrogen and oxygen atoms in total. The van der Waals surface area contributed by atoms with Crippen molar-refractivity contribution >= 4 is 17.2 Å². The Hall–Kier alpha value is -1.72. The molecule has 0 saturated carbocycles. The van der Waals surface area contributed by atoms with E-state index in [0.29, 0.717) is 6.54 Å². The van der Waals surface area contributed by atoms with E-state index in [4.69, 9.17) is 0 Å². The van der Waals surface area contributed by atoms with Crippen molar-refractivity contribution in [1.29, 1.82) is 0 Å². The van der Waals surface area contributed by atoms with Crippen molar-refractivity contribution in [3.8, 4) is 0 Å². The number of hydrogen-bond donors (Lipinski definition) is 2. The second-order valence-electron chi connectivity index (χ2n) is 4.99. The van der Waals surface area contributed by atoms with Crippen LogP contribution in [0.3, 0.4) is 0 Å². The van der Waals surface area contributed by atoms with Gasteiger partial charge in [0.15, 0.2) is 0 Å². The van der Waals surface area contributed by atoms with Crippen molar-refractivity contribution in [3.05, 3.63) is 51.5 Å². The van der Waals surface area contributed by atoms with Crippen LogP contribution in [0.15, 0.2) is 30.5 Å². The van der Waals surface area contributed by atoms with E-state index in [1.165, 1.54) is 16.0 Å². The van der Waals surface area contributed by atoms with Crippen LogP contribution in [0, 0.1) is 6.92 Å². The van der Waals surface area contributed by atoms with Gasteiger partial charge >= 0.3 is 0 Å². The highest BCUT2D eigenvalue weighted by molar-refractivity contribution is 7.11. The molecule has 0 saturated heterocycles. The number of aryl methyl sites for hydroxylation is 1. The summed E-state index contributed by atoms with van der Waals surface area (Å²) in [5.41, 5.74) is 2.54. The van der Waals surface area contributed by atoms with E-state index in [-0.39, 0.29) is 11.9 Å². The maximum absolute atomic E-state index is 12.2. The Morgan fingerprint density at radius 3 is 3.00 bits per heavy atom. The monoisotopic (exact) mass is 287 g/mol. The highest BCUT2D eigenvalue weighted by atomic mass is 32.1. The van der Waals surface area contributed by atoms with E-state index in [0.717, 1.165) is 18.0 Å². The number of nitrogens with one attached hydrogen (secondary N) is 2. The van der Waals surface area contributed by atoms with E-state index in [2.05, 4.69) is 27.8 Å². The Kier molecular flexibility index (Phi) is 3.80. The fraction of sp³-hybridized carbons (Fsp3) is 0.333. The number of hydrogen-bond acceptors (Lipinski definition) is 4. The Morgan fingerprint density at radius 1 is 1.45 bits per heavy atom. The molecule has 5 heteroatoms. The van der Waals surface area contributed by atoms with Gasteiger partial charge in [0.05, 0.1) is 12.6 Å². The van der Waals surface area contributed by atoms with Crippen molar-refractivity contribution < 1.29 is 4.79 Å². The quantitative estimate of drug-likeness (QED) is 0.905. The number of aromatic nitrogens is 1. The van der Waals surface area contributed by atoms with Crippen LogP contribution in [-0.4, -0.2) is 16.9 Å². The number of nitrogens with zero attached hydrogens (tertiary/aromatic N) is 1. The summed E-state index contributed by atoms with van der Waals surface area (Å²) in [4.78, 5) is 17.6. The first-order chi connectivity index (χ1) is 9.72. The predicted molar refractivity (Wildman–Crippen MR) is 79.5 cm³/mol. The van der Waals surface area contributed by atoms with E-state index >= 15 is 0 Å². The minimum Gasteiger partial charge on any atom is -0.348 e.